The fourth-order valence-electron chi connectivity index (χ4n) is 2.77. The average molecular weight is 279 g/mol. The highest BCUT2D eigenvalue weighted by molar-refractivity contribution is 5.80. The van der Waals surface area contributed by atoms with Crippen LogP contribution in [-0.2, 0) is 9.53 Å². The van der Waals surface area contributed by atoms with E-state index in [4.69, 9.17) is 4.74 Å². The molecule has 1 atom stereocenters. The van der Waals surface area contributed by atoms with Gasteiger partial charge in [0.2, 0.25) is 5.91 Å². The topological polar surface area (TPSA) is 47.4 Å². The van der Waals surface area contributed by atoms with Gasteiger partial charge in [-0.15, -0.1) is 0 Å². The maximum Gasteiger partial charge on any atom is 0.247 e. The van der Waals surface area contributed by atoms with E-state index in [0.29, 0.717) is 5.92 Å². The second-order valence-corrected chi connectivity index (χ2v) is 5.34. The highest BCUT2D eigenvalue weighted by atomic mass is 16.5. The zero-order valence-corrected chi connectivity index (χ0v) is 12.5. The Kier molecular flexibility index (Phi) is 5.59. The van der Waals surface area contributed by atoms with E-state index >= 15 is 0 Å². The molecule has 0 spiro atoms. The first kappa shape index (κ1) is 15.0. The molecule has 5 nitrogen and oxygen atoms in total. The van der Waals surface area contributed by atoms with Gasteiger partial charge >= 0.3 is 0 Å². The number of nitrogens with zero attached hydrogens (tertiary/aromatic N) is 3. The van der Waals surface area contributed by atoms with Crippen molar-refractivity contribution in [2.45, 2.75) is 39.2 Å². The number of aromatic nitrogens is 2. The molecule has 0 saturated carbocycles. The van der Waals surface area contributed by atoms with Crippen molar-refractivity contribution in [1.29, 1.82) is 0 Å². The van der Waals surface area contributed by atoms with Gasteiger partial charge < -0.3 is 9.64 Å². The van der Waals surface area contributed by atoms with E-state index in [1.165, 1.54) is 0 Å². The molecule has 0 unspecified atom stereocenters. The van der Waals surface area contributed by atoms with Gasteiger partial charge in [-0.2, -0.15) is 5.10 Å². The van der Waals surface area contributed by atoms with Crippen molar-refractivity contribution in [3.05, 3.63) is 18.5 Å². The van der Waals surface area contributed by atoms with Crippen LogP contribution in [0, 0.1) is 5.92 Å². The number of ether oxygens (including phenoxy) is 1. The summed E-state index contributed by atoms with van der Waals surface area (Å²) >= 11 is 0. The van der Waals surface area contributed by atoms with Crippen LogP contribution in [-0.4, -0.2) is 46.9 Å². The molecule has 1 saturated heterocycles. The minimum absolute atomic E-state index is 0.176. The van der Waals surface area contributed by atoms with Crippen molar-refractivity contribution < 1.29 is 9.53 Å². The Bertz CT molecular complexity index is 399. The average Bonchev–Trinajstić information content (AvgIpc) is 3.00. The summed E-state index contributed by atoms with van der Waals surface area (Å²) in [5.41, 5.74) is 0. The molecule has 2 rings (SSSR count). The molecule has 1 aromatic rings. The van der Waals surface area contributed by atoms with Gasteiger partial charge in [-0.3, -0.25) is 9.48 Å². The molecular formula is C15H25N3O2. The minimum Gasteiger partial charge on any atom is -0.381 e. The van der Waals surface area contributed by atoms with E-state index in [1.54, 1.807) is 10.9 Å². The van der Waals surface area contributed by atoms with E-state index < -0.39 is 0 Å². The molecule has 0 radical (unpaired) electrons. The van der Waals surface area contributed by atoms with Crippen LogP contribution in [0.25, 0.3) is 0 Å². The largest absolute Gasteiger partial charge is 0.381 e. The second-order valence-electron chi connectivity index (χ2n) is 5.34. The molecule has 5 heteroatoms. The Balaban J connectivity index is 1.99. The van der Waals surface area contributed by atoms with Crippen LogP contribution in [0.3, 0.4) is 0 Å². The quantitative estimate of drug-likeness (QED) is 0.801. The van der Waals surface area contributed by atoms with E-state index in [9.17, 15) is 4.79 Å². The van der Waals surface area contributed by atoms with Crippen LogP contribution in [0.2, 0.25) is 0 Å². The monoisotopic (exact) mass is 279 g/mol. The van der Waals surface area contributed by atoms with Gasteiger partial charge in [0.25, 0.3) is 0 Å². The van der Waals surface area contributed by atoms with E-state index in [1.807, 2.05) is 31.0 Å². The Hall–Kier alpha value is -1.36. The van der Waals surface area contributed by atoms with E-state index in [0.717, 1.165) is 45.6 Å². The summed E-state index contributed by atoms with van der Waals surface area (Å²) in [4.78, 5) is 14.7. The number of amides is 1. The standard InChI is InChI=1S/C15H25N3O2/c1-3-14(18-9-5-8-16-18)15(19)17(4-2)12-13-6-10-20-11-7-13/h5,8-9,13-14H,3-4,6-7,10-12H2,1-2H3/t14-/m1/s1. The summed E-state index contributed by atoms with van der Waals surface area (Å²) in [5.74, 6) is 0.757. The summed E-state index contributed by atoms with van der Waals surface area (Å²) in [6, 6.07) is 1.69. The Labute approximate surface area is 120 Å². The Morgan fingerprint density at radius 3 is 2.75 bits per heavy atom. The van der Waals surface area contributed by atoms with Crippen molar-refractivity contribution in [2.75, 3.05) is 26.3 Å². The molecule has 0 aliphatic carbocycles. The number of hydrogen-bond acceptors (Lipinski definition) is 3. The van der Waals surface area contributed by atoms with E-state index in [-0.39, 0.29) is 11.9 Å². The molecule has 0 aromatic carbocycles. The predicted octanol–water partition coefficient (Wildman–Crippen LogP) is 2.11. The SMILES string of the molecule is CC[C@H](C(=O)N(CC)CC1CCOCC1)n1cccn1. The van der Waals surface area contributed by atoms with Gasteiger partial charge in [0.1, 0.15) is 6.04 Å². The van der Waals surface area contributed by atoms with Crippen molar-refractivity contribution in [3.8, 4) is 0 Å². The van der Waals surface area contributed by atoms with Gasteiger partial charge in [-0.25, -0.2) is 0 Å². The summed E-state index contributed by atoms with van der Waals surface area (Å²) in [6.07, 6.45) is 6.48. The summed E-state index contributed by atoms with van der Waals surface area (Å²) in [7, 11) is 0. The fourth-order valence-corrected chi connectivity index (χ4v) is 2.77. The van der Waals surface area contributed by atoms with Crippen LogP contribution in [0.4, 0.5) is 0 Å². The molecule has 1 aliphatic heterocycles. The summed E-state index contributed by atoms with van der Waals surface area (Å²) in [5, 5.41) is 4.22. The zero-order chi connectivity index (χ0) is 14.4. The highest BCUT2D eigenvalue weighted by Crippen LogP contribution is 2.19. The smallest absolute Gasteiger partial charge is 0.247 e. The molecule has 20 heavy (non-hydrogen) atoms. The predicted molar refractivity (Wildman–Crippen MR) is 77.4 cm³/mol. The van der Waals surface area contributed by atoms with Crippen LogP contribution in [0.15, 0.2) is 18.5 Å². The first-order chi connectivity index (χ1) is 9.76. The molecule has 2 heterocycles. The molecule has 1 amide bonds. The van der Waals surface area contributed by atoms with Gasteiger partial charge in [-0.1, -0.05) is 6.92 Å². The van der Waals surface area contributed by atoms with Crippen molar-refractivity contribution >= 4 is 5.91 Å². The zero-order valence-electron chi connectivity index (χ0n) is 12.5. The Morgan fingerprint density at radius 2 is 2.20 bits per heavy atom. The normalized spacial score (nSPS) is 17.9. The number of carbonyl (C=O) groups is 1. The molecule has 0 bridgehead atoms. The van der Waals surface area contributed by atoms with Crippen LogP contribution >= 0.6 is 0 Å². The lowest BCUT2D eigenvalue weighted by Crippen LogP contribution is -2.41. The summed E-state index contributed by atoms with van der Waals surface area (Å²) < 4.78 is 7.16. The summed E-state index contributed by atoms with van der Waals surface area (Å²) in [6.45, 7) is 7.34. The second kappa shape index (κ2) is 7.43. The number of hydrogen-bond donors (Lipinski definition) is 0. The fraction of sp³-hybridized carbons (Fsp3) is 0.733. The maximum absolute atomic E-state index is 12.7. The number of rotatable bonds is 6. The maximum atomic E-state index is 12.7. The lowest BCUT2D eigenvalue weighted by molar-refractivity contribution is -0.136. The van der Waals surface area contributed by atoms with Crippen molar-refractivity contribution in [2.24, 2.45) is 5.92 Å². The van der Waals surface area contributed by atoms with Crippen molar-refractivity contribution in [1.82, 2.24) is 14.7 Å². The number of likely N-dealkylation sites (N-methyl/N-ethyl adjacent to an activating group) is 1. The first-order valence-corrected chi connectivity index (χ1v) is 7.61. The lowest BCUT2D eigenvalue weighted by atomic mass is 9.99. The van der Waals surface area contributed by atoms with Gasteiger partial charge in [-0.05, 0) is 38.2 Å². The number of carbonyl (C=O) groups excluding carboxylic acids is 1. The van der Waals surface area contributed by atoms with E-state index in [2.05, 4.69) is 5.10 Å². The van der Waals surface area contributed by atoms with Crippen LogP contribution in [0.5, 0.6) is 0 Å². The van der Waals surface area contributed by atoms with Gasteiger partial charge in [0.05, 0.1) is 0 Å². The van der Waals surface area contributed by atoms with Gasteiger partial charge in [0.15, 0.2) is 0 Å². The van der Waals surface area contributed by atoms with Crippen molar-refractivity contribution in [3.63, 3.8) is 0 Å². The van der Waals surface area contributed by atoms with Crippen LogP contribution < -0.4 is 0 Å². The molecule has 1 fully saturated rings. The highest BCUT2D eigenvalue weighted by Gasteiger charge is 2.26. The molecule has 0 N–H and O–H groups in total. The van der Waals surface area contributed by atoms with Gasteiger partial charge in [0, 0.05) is 38.7 Å². The molecule has 1 aliphatic rings. The molecule has 1 aromatic heterocycles. The van der Waals surface area contributed by atoms with Crippen LogP contribution in [0.1, 0.15) is 39.2 Å². The molecule has 112 valence electrons. The third-order valence-corrected chi connectivity index (χ3v) is 4.03. The lowest BCUT2D eigenvalue weighted by Gasteiger charge is -2.31. The minimum atomic E-state index is -0.176. The first-order valence-electron chi connectivity index (χ1n) is 7.61. The third kappa shape index (κ3) is 3.60. The third-order valence-electron chi connectivity index (χ3n) is 4.03. The molecular weight excluding hydrogens is 254 g/mol. The Morgan fingerprint density at radius 1 is 1.45 bits per heavy atom.